The van der Waals surface area contributed by atoms with Crippen molar-refractivity contribution >= 4 is 24.6 Å². The van der Waals surface area contributed by atoms with Gasteiger partial charge in [-0.05, 0) is 6.92 Å². The second-order valence-electron chi connectivity index (χ2n) is 2.38. The number of hydrogen-bond donors (Lipinski definition) is 0. The van der Waals surface area contributed by atoms with E-state index in [0.29, 0.717) is 22.6 Å². The van der Waals surface area contributed by atoms with Gasteiger partial charge in [0.15, 0.2) is 5.65 Å². The van der Waals surface area contributed by atoms with E-state index in [1.54, 1.807) is 19.3 Å². The first kappa shape index (κ1) is 7.15. The monoisotopic (exact) mass is 156 g/mol. The van der Waals surface area contributed by atoms with Gasteiger partial charge in [-0.1, -0.05) is 0 Å². The fourth-order valence-corrected chi connectivity index (χ4v) is 0.999. The van der Waals surface area contributed by atoms with Gasteiger partial charge >= 0.3 is 0 Å². The van der Waals surface area contributed by atoms with Crippen molar-refractivity contribution in [3.8, 4) is 0 Å². The van der Waals surface area contributed by atoms with Gasteiger partial charge in [0, 0.05) is 18.0 Å². The van der Waals surface area contributed by atoms with Crippen LogP contribution in [0, 0.1) is 6.92 Å². The molecule has 0 saturated carbocycles. The zero-order chi connectivity index (χ0) is 8.55. The van der Waals surface area contributed by atoms with E-state index in [1.807, 2.05) is 0 Å². The minimum absolute atomic E-state index is 0.380. The predicted molar refractivity (Wildman–Crippen MR) is 45.3 cm³/mol. The van der Waals surface area contributed by atoms with Crippen molar-refractivity contribution in [2.75, 3.05) is 0 Å². The summed E-state index contributed by atoms with van der Waals surface area (Å²) in [6.45, 7) is 1.77. The highest BCUT2D eigenvalue weighted by Crippen LogP contribution is 1.98. The van der Waals surface area contributed by atoms with E-state index < -0.39 is 0 Å². The molecule has 2 aromatic heterocycles. The largest absolute Gasteiger partial charge is 0.250 e. The molecule has 0 aliphatic carbocycles. The molecule has 0 aliphatic rings. The number of nitrogens with zero attached hydrogens (tertiary/aromatic N) is 4. The van der Waals surface area contributed by atoms with Crippen molar-refractivity contribution in [1.82, 2.24) is 19.9 Å². The maximum absolute atomic E-state index is 5.60. The molecule has 2 aromatic rings. The van der Waals surface area contributed by atoms with E-state index in [-0.39, 0.29) is 0 Å². The molecule has 2 heterocycles. The smallest absolute Gasteiger partial charge is 0.180 e. The fraction of sp³-hybridized carbons (Fsp3) is 0.143. The molecule has 0 amide bonds. The van der Waals surface area contributed by atoms with Crippen molar-refractivity contribution < 1.29 is 0 Å². The molecule has 2 radical (unpaired) electrons. The molecule has 4 nitrogen and oxygen atoms in total. The molecule has 12 heavy (non-hydrogen) atoms. The van der Waals surface area contributed by atoms with Crippen LogP contribution in [0.25, 0.3) is 11.2 Å². The summed E-state index contributed by atoms with van der Waals surface area (Å²) in [6.07, 6.45) is 3.14. The van der Waals surface area contributed by atoms with Gasteiger partial charge in [-0.3, -0.25) is 4.98 Å². The molecular formula is C7H5BN4. The van der Waals surface area contributed by atoms with Gasteiger partial charge in [0.25, 0.3) is 0 Å². The zero-order valence-corrected chi connectivity index (χ0v) is 6.52. The van der Waals surface area contributed by atoms with Crippen LogP contribution in [-0.2, 0) is 0 Å². The topological polar surface area (TPSA) is 51.6 Å². The van der Waals surface area contributed by atoms with E-state index in [4.69, 9.17) is 7.85 Å². The number of rotatable bonds is 0. The van der Waals surface area contributed by atoms with E-state index in [2.05, 4.69) is 19.9 Å². The Hall–Kier alpha value is -1.52. The number of fused-ring (bicyclic) bond motifs is 1. The Bertz CT molecular complexity index is 429. The molecule has 0 aromatic carbocycles. The van der Waals surface area contributed by atoms with Gasteiger partial charge in [-0.15, -0.1) is 0 Å². The van der Waals surface area contributed by atoms with Crippen LogP contribution >= 0.6 is 0 Å². The normalized spacial score (nSPS) is 10.4. The van der Waals surface area contributed by atoms with Crippen LogP contribution in [-0.4, -0.2) is 27.8 Å². The predicted octanol–water partition coefficient (Wildman–Crippen LogP) is -0.478. The van der Waals surface area contributed by atoms with Crippen molar-refractivity contribution in [1.29, 1.82) is 0 Å². The number of hydrogen-bond acceptors (Lipinski definition) is 4. The second-order valence-corrected chi connectivity index (χ2v) is 2.38. The van der Waals surface area contributed by atoms with Gasteiger partial charge in [0.1, 0.15) is 19.2 Å². The van der Waals surface area contributed by atoms with Crippen LogP contribution in [0.3, 0.4) is 0 Å². The van der Waals surface area contributed by atoms with E-state index >= 15 is 0 Å². The first-order valence-electron chi connectivity index (χ1n) is 3.48. The van der Waals surface area contributed by atoms with Gasteiger partial charge in [-0.2, -0.15) is 0 Å². The molecular weight excluding hydrogens is 151 g/mol. The van der Waals surface area contributed by atoms with E-state index in [0.717, 1.165) is 0 Å². The molecule has 0 bridgehead atoms. The molecule has 5 heteroatoms. The number of aryl methyl sites for hydroxylation is 1. The molecule has 0 N–H and O–H groups in total. The van der Waals surface area contributed by atoms with Crippen molar-refractivity contribution in [2.24, 2.45) is 0 Å². The van der Waals surface area contributed by atoms with Crippen molar-refractivity contribution in [2.45, 2.75) is 6.92 Å². The van der Waals surface area contributed by atoms with Crippen LogP contribution in [0.4, 0.5) is 0 Å². The van der Waals surface area contributed by atoms with Crippen LogP contribution in [0.2, 0.25) is 0 Å². The third-order valence-electron chi connectivity index (χ3n) is 1.47. The molecule has 0 spiro atoms. The summed E-state index contributed by atoms with van der Waals surface area (Å²) >= 11 is 0. The highest BCUT2D eigenvalue weighted by Gasteiger charge is 2.01. The summed E-state index contributed by atoms with van der Waals surface area (Å²) in [7, 11) is 5.60. The standard InChI is InChI=1S/C7H5BN4/c1-4-11-6(8)5-7(12-4)10-3-2-9-5/h2-3H,1H3. The summed E-state index contributed by atoms with van der Waals surface area (Å²) in [5.41, 5.74) is 1.48. The Morgan fingerprint density at radius 3 is 2.75 bits per heavy atom. The SMILES string of the molecule is [B]c1nc(C)nc2nccnc12. The highest BCUT2D eigenvalue weighted by atomic mass is 15.0. The lowest BCUT2D eigenvalue weighted by Crippen LogP contribution is -2.14. The average molecular weight is 156 g/mol. The van der Waals surface area contributed by atoms with Crippen molar-refractivity contribution in [3.05, 3.63) is 18.2 Å². The molecule has 2 rings (SSSR count). The molecule has 56 valence electrons. The maximum Gasteiger partial charge on any atom is 0.180 e. The Labute approximate surface area is 70.5 Å². The van der Waals surface area contributed by atoms with Crippen LogP contribution in [0.1, 0.15) is 5.82 Å². The molecule has 0 saturated heterocycles. The number of aromatic nitrogens is 4. The highest BCUT2D eigenvalue weighted by molar-refractivity contribution is 6.36. The average Bonchev–Trinajstić information content (AvgIpc) is 2.04. The Balaban J connectivity index is 2.89. The van der Waals surface area contributed by atoms with Gasteiger partial charge in [-0.25, -0.2) is 15.0 Å². The second kappa shape index (κ2) is 2.51. The Kier molecular flexibility index (Phi) is 1.50. The quantitative estimate of drug-likeness (QED) is 0.483. The molecule has 0 aliphatic heterocycles. The molecule has 0 atom stereocenters. The molecule has 0 unspecified atom stereocenters. The Morgan fingerprint density at radius 1 is 1.17 bits per heavy atom. The van der Waals surface area contributed by atoms with Gasteiger partial charge < -0.3 is 0 Å². The van der Waals surface area contributed by atoms with Crippen LogP contribution in [0.5, 0.6) is 0 Å². The summed E-state index contributed by atoms with van der Waals surface area (Å²) in [6, 6.07) is 0. The third kappa shape index (κ3) is 1.03. The first-order chi connectivity index (χ1) is 5.77. The lowest BCUT2D eigenvalue weighted by molar-refractivity contribution is 1.08. The van der Waals surface area contributed by atoms with Crippen LogP contribution in [0.15, 0.2) is 12.4 Å². The van der Waals surface area contributed by atoms with E-state index in [9.17, 15) is 0 Å². The minimum Gasteiger partial charge on any atom is -0.250 e. The lowest BCUT2D eigenvalue weighted by Gasteiger charge is -1.99. The first-order valence-corrected chi connectivity index (χ1v) is 3.48. The minimum atomic E-state index is 0.380. The zero-order valence-electron chi connectivity index (χ0n) is 6.52. The van der Waals surface area contributed by atoms with E-state index in [1.165, 1.54) is 0 Å². The third-order valence-corrected chi connectivity index (χ3v) is 1.47. The fourth-order valence-electron chi connectivity index (χ4n) is 0.999. The maximum atomic E-state index is 5.60. The van der Waals surface area contributed by atoms with Gasteiger partial charge in [0.05, 0.1) is 0 Å². The Morgan fingerprint density at radius 2 is 1.92 bits per heavy atom. The summed E-state index contributed by atoms with van der Waals surface area (Å²) < 4.78 is 0. The summed E-state index contributed by atoms with van der Waals surface area (Å²) in [4.78, 5) is 16.1. The summed E-state index contributed by atoms with van der Waals surface area (Å²) in [5, 5.41) is 0. The van der Waals surface area contributed by atoms with Crippen LogP contribution < -0.4 is 5.59 Å². The molecule has 0 fully saturated rings. The lowest BCUT2D eigenvalue weighted by atomic mass is 10.0. The van der Waals surface area contributed by atoms with Crippen molar-refractivity contribution in [3.63, 3.8) is 0 Å². The van der Waals surface area contributed by atoms with Gasteiger partial charge in [0.2, 0.25) is 0 Å². The summed E-state index contributed by atoms with van der Waals surface area (Å²) in [5.74, 6) is 0.612.